The van der Waals surface area contributed by atoms with Crippen LogP contribution >= 0.6 is 0 Å². The van der Waals surface area contributed by atoms with Gasteiger partial charge in [0.05, 0.1) is 0 Å². The van der Waals surface area contributed by atoms with Crippen LogP contribution in [0.5, 0.6) is 0 Å². The van der Waals surface area contributed by atoms with Crippen molar-refractivity contribution in [3.8, 4) is 0 Å². The molecule has 2 N–H and O–H groups in total. The van der Waals surface area contributed by atoms with Gasteiger partial charge in [-0.1, -0.05) is 0 Å². The molecule has 0 aliphatic heterocycles. The molecule has 0 radical (unpaired) electrons. The van der Waals surface area contributed by atoms with Gasteiger partial charge in [-0.25, -0.2) is 9.59 Å². The molecule has 80 valence electrons. The second-order valence-electron chi connectivity index (χ2n) is 2.41. The van der Waals surface area contributed by atoms with Crippen molar-refractivity contribution in [3.63, 3.8) is 0 Å². The lowest BCUT2D eigenvalue weighted by atomic mass is 10.5. The number of ether oxygens (including phenoxy) is 2. The van der Waals surface area contributed by atoms with E-state index in [9.17, 15) is 9.59 Å². The maximum Gasteiger partial charge on any atom is 0.333 e. The second-order valence-corrected chi connectivity index (χ2v) is 2.41. The number of carbonyl (C=O) groups is 2. The third kappa shape index (κ3) is 7.26. The Morgan fingerprint density at radius 2 is 1.86 bits per heavy atom. The van der Waals surface area contributed by atoms with Crippen molar-refractivity contribution >= 4 is 11.9 Å². The van der Waals surface area contributed by atoms with Crippen molar-refractivity contribution in [1.29, 1.82) is 0 Å². The molecule has 0 spiro atoms. The summed E-state index contributed by atoms with van der Waals surface area (Å²) in [4.78, 5) is 20.8. The Labute approximate surface area is 80.7 Å². The van der Waals surface area contributed by atoms with Crippen LogP contribution in [-0.2, 0) is 19.1 Å². The summed E-state index contributed by atoms with van der Waals surface area (Å²) >= 11 is 0. The number of carboxylic acids is 1. The van der Waals surface area contributed by atoms with Gasteiger partial charge in [-0.15, -0.1) is 0 Å². The molecule has 14 heavy (non-hydrogen) atoms. The average molecular weight is 204 g/mol. The Kier molecular flexibility index (Phi) is 5.50. The number of carboxylic acid groups (broad SMARTS) is 1. The number of carbonyl (C=O) groups excluding carboxylic acids is 1. The Morgan fingerprint density at radius 3 is 2.29 bits per heavy atom. The van der Waals surface area contributed by atoms with Gasteiger partial charge in [-0.05, 0) is 13.8 Å². The van der Waals surface area contributed by atoms with E-state index in [4.69, 9.17) is 10.2 Å². The van der Waals surface area contributed by atoms with Crippen LogP contribution in [-0.4, -0.2) is 34.7 Å². The molecule has 0 fully saturated rings. The van der Waals surface area contributed by atoms with Crippen LogP contribution in [0.4, 0.5) is 0 Å². The van der Waals surface area contributed by atoms with Crippen molar-refractivity contribution in [2.24, 2.45) is 0 Å². The van der Waals surface area contributed by atoms with E-state index < -0.39 is 24.5 Å². The first-order chi connectivity index (χ1) is 6.41. The van der Waals surface area contributed by atoms with E-state index in [-0.39, 0.29) is 0 Å². The summed E-state index contributed by atoms with van der Waals surface area (Å²) in [7, 11) is 0. The van der Waals surface area contributed by atoms with Gasteiger partial charge in [0.25, 0.3) is 0 Å². The lowest BCUT2D eigenvalue weighted by Crippen LogP contribution is -2.21. The lowest BCUT2D eigenvalue weighted by molar-refractivity contribution is -0.211. The van der Waals surface area contributed by atoms with Gasteiger partial charge >= 0.3 is 11.9 Å². The van der Waals surface area contributed by atoms with Gasteiger partial charge in [-0.3, -0.25) is 0 Å². The first-order valence-electron chi connectivity index (χ1n) is 3.87. The van der Waals surface area contributed by atoms with Gasteiger partial charge in [0.1, 0.15) is 0 Å². The minimum Gasteiger partial charge on any atom is -0.478 e. The normalized spacial score (nSPS) is 15.1. The molecule has 0 saturated carbocycles. The highest BCUT2D eigenvalue weighted by Gasteiger charge is 2.09. The smallest absolute Gasteiger partial charge is 0.333 e. The summed E-state index contributed by atoms with van der Waals surface area (Å²) in [6, 6.07) is 0. The summed E-state index contributed by atoms with van der Waals surface area (Å²) in [5.41, 5.74) is 0. The van der Waals surface area contributed by atoms with E-state index in [1.165, 1.54) is 13.8 Å². The Hall–Kier alpha value is -1.40. The highest BCUT2D eigenvalue weighted by molar-refractivity contribution is 5.90. The standard InChI is InChI=1S/C8H12O6/c1-5(9)13-6(2)14-8(12)4-3-7(10)11/h3-6,9H,1-2H3,(H,10,11)/b4-3-. The quantitative estimate of drug-likeness (QED) is 0.368. The van der Waals surface area contributed by atoms with Crippen LogP contribution in [0.2, 0.25) is 0 Å². The summed E-state index contributed by atoms with van der Waals surface area (Å²) in [5.74, 6) is -2.09. The zero-order valence-electron chi connectivity index (χ0n) is 7.84. The minimum absolute atomic E-state index is 0.650. The minimum atomic E-state index is -1.24. The molecule has 0 aromatic heterocycles. The number of aliphatic hydroxyl groups is 1. The zero-order chi connectivity index (χ0) is 11.1. The summed E-state index contributed by atoms with van der Waals surface area (Å²) in [6.45, 7) is 2.76. The summed E-state index contributed by atoms with van der Waals surface area (Å²) in [6.07, 6.45) is -0.580. The highest BCUT2D eigenvalue weighted by Crippen LogP contribution is 1.98. The first kappa shape index (κ1) is 12.6. The molecule has 0 amide bonds. The summed E-state index contributed by atoms with van der Waals surface area (Å²) < 4.78 is 9.20. The van der Waals surface area contributed by atoms with Gasteiger partial charge in [0.15, 0.2) is 6.29 Å². The molecule has 0 heterocycles. The Morgan fingerprint density at radius 1 is 1.29 bits per heavy atom. The third-order valence-electron chi connectivity index (χ3n) is 1.03. The van der Waals surface area contributed by atoms with Crippen molar-refractivity contribution in [2.75, 3.05) is 0 Å². The van der Waals surface area contributed by atoms with Gasteiger partial charge in [0.2, 0.25) is 6.29 Å². The molecule has 6 nitrogen and oxygen atoms in total. The fourth-order valence-corrected chi connectivity index (χ4v) is 0.647. The molecule has 0 bridgehead atoms. The van der Waals surface area contributed by atoms with E-state index in [1.807, 2.05) is 0 Å². The molecular weight excluding hydrogens is 192 g/mol. The van der Waals surface area contributed by atoms with Crippen LogP contribution in [0.25, 0.3) is 0 Å². The zero-order valence-corrected chi connectivity index (χ0v) is 7.84. The molecular formula is C8H12O6. The SMILES string of the molecule is CC(O)OC(C)OC(=O)/C=C\C(=O)O. The molecule has 0 aliphatic carbocycles. The Bertz CT molecular complexity index is 232. The molecule has 0 aromatic carbocycles. The fourth-order valence-electron chi connectivity index (χ4n) is 0.647. The van der Waals surface area contributed by atoms with E-state index in [0.29, 0.717) is 6.08 Å². The van der Waals surface area contributed by atoms with E-state index >= 15 is 0 Å². The van der Waals surface area contributed by atoms with Gasteiger partial charge < -0.3 is 19.7 Å². The number of aliphatic carboxylic acids is 1. The van der Waals surface area contributed by atoms with Crippen molar-refractivity contribution in [1.82, 2.24) is 0 Å². The van der Waals surface area contributed by atoms with Crippen molar-refractivity contribution in [2.45, 2.75) is 26.4 Å². The first-order valence-corrected chi connectivity index (χ1v) is 3.87. The maximum atomic E-state index is 10.8. The Balaban J connectivity index is 3.88. The van der Waals surface area contributed by atoms with Crippen molar-refractivity contribution < 1.29 is 29.3 Å². The predicted octanol–water partition coefficient (Wildman–Crippen LogP) is -0.129. The number of hydrogen-bond acceptors (Lipinski definition) is 5. The molecule has 2 unspecified atom stereocenters. The number of esters is 1. The van der Waals surface area contributed by atoms with Gasteiger partial charge in [0, 0.05) is 12.2 Å². The van der Waals surface area contributed by atoms with Crippen LogP contribution in [0, 0.1) is 0 Å². The van der Waals surface area contributed by atoms with Crippen LogP contribution in [0.1, 0.15) is 13.8 Å². The third-order valence-corrected chi connectivity index (χ3v) is 1.03. The number of aliphatic hydroxyl groups excluding tert-OH is 1. The largest absolute Gasteiger partial charge is 0.478 e. The second kappa shape index (κ2) is 6.11. The maximum absolute atomic E-state index is 10.8. The summed E-state index contributed by atoms with van der Waals surface area (Å²) in [5, 5.41) is 16.9. The molecule has 2 atom stereocenters. The molecule has 0 aliphatic rings. The van der Waals surface area contributed by atoms with Crippen LogP contribution < -0.4 is 0 Å². The average Bonchev–Trinajstić information content (AvgIpc) is 1.98. The molecule has 6 heteroatoms. The molecule has 0 rings (SSSR count). The van der Waals surface area contributed by atoms with Crippen LogP contribution in [0.15, 0.2) is 12.2 Å². The fraction of sp³-hybridized carbons (Fsp3) is 0.500. The van der Waals surface area contributed by atoms with Crippen molar-refractivity contribution in [3.05, 3.63) is 12.2 Å². The monoisotopic (exact) mass is 204 g/mol. The van der Waals surface area contributed by atoms with E-state index in [1.54, 1.807) is 0 Å². The van der Waals surface area contributed by atoms with E-state index in [2.05, 4.69) is 9.47 Å². The molecule has 0 aromatic rings. The van der Waals surface area contributed by atoms with Crippen LogP contribution in [0.3, 0.4) is 0 Å². The predicted molar refractivity (Wildman–Crippen MR) is 45.1 cm³/mol. The topological polar surface area (TPSA) is 93.1 Å². The highest BCUT2D eigenvalue weighted by atomic mass is 16.7. The van der Waals surface area contributed by atoms with Gasteiger partial charge in [-0.2, -0.15) is 0 Å². The lowest BCUT2D eigenvalue weighted by Gasteiger charge is -2.14. The number of rotatable bonds is 5. The molecule has 0 saturated heterocycles. The number of hydrogen-bond donors (Lipinski definition) is 2. The van der Waals surface area contributed by atoms with E-state index in [0.717, 1.165) is 6.08 Å².